The van der Waals surface area contributed by atoms with E-state index < -0.39 is 29.0 Å². The Bertz CT molecular complexity index is 1330. The van der Waals surface area contributed by atoms with E-state index in [0.29, 0.717) is 21.4 Å². The van der Waals surface area contributed by atoms with Gasteiger partial charge in [-0.25, -0.2) is 22.8 Å². The highest BCUT2D eigenvalue weighted by Gasteiger charge is 2.36. The van der Waals surface area contributed by atoms with Gasteiger partial charge in [-0.15, -0.1) is 11.3 Å². The second-order valence-corrected chi connectivity index (χ2v) is 9.19. The van der Waals surface area contributed by atoms with Crippen molar-refractivity contribution >= 4 is 28.8 Å². The van der Waals surface area contributed by atoms with Gasteiger partial charge >= 0.3 is 0 Å². The van der Waals surface area contributed by atoms with Crippen molar-refractivity contribution in [3.05, 3.63) is 94.1 Å². The molecule has 0 saturated heterocycles. The van der Waals surface area contributed by atoms with Crippen LogP contribution in [-0.2, 0) is 12.1 Å². The largest absolute Gasteiger partial charge is 0.381 e. The lowest BCUT2D eigenvalue weighted by molar-refractivity contribution is -0.0127. The molecule has 6 nitrogen and oxygen atoms in total. The second kappa shape index (κ2) is 9.57. The third-order valence-corrected chi connectivity index (χ3v) is 6.62. The summed E-state index contributed by atoms with van der Waals surface area (Å²) in [5.74, 6) is -2.76. The number of likely N-dealkylation sites (N-methyl/N-ethyl adjacent to an activating group) is 1. The highest BCUT2D eigenvalue weighted by molar-refractivity contribution is 7.17. The van der Waals surface area contributed by atoms with Gasteiger partial charge in [0.15, 0.2) is 0 Å². The van der Waals surface area contributed by atoms with Gasteiger partial charge in [0, 0.05) is 23.6 Å². The predicted octanol–water partition coefficient (Wildman–Crippen LogP) is 4.74. The number of hydrogen-bond donors (Lipinski definition) is 1. The molecule has 2 aromatic heterocycles. The highest BCUT2D eigenvalue weighted by atomic mass is 35.5. The summed E-state index contributed by atoms with van der Waals surface area (Å²) in [4.78, 5) is 19.1. The first-order chi connectivity index (χ1) is 16.2. The van der Waals surface area contributed by atoms with Crippen LogP contribution in [0.2, 0.25) is 5.02 Å². The van der Waals surface area contributed by atoms with E-state index >= 15 is 0 Å². The quantitative estimate of drug-likeness (QED) is 0.393. The van der Waals surface area contributed by atoms with E-state index in [1.807, 2.05) is 0 Å². The lowest BCUT2D eigenvalue weighted by Gasteiger charge is -2.33. The number of aliphatic hydroxyl groups is 1. The summed E-state index contributed by atoms with van der Waals surface area (Å²) in [6, 6.07) is 10.4. The highest BCUT2D eigenvalue weighted by Crippen LogP contribution is 2.32. The molecule has 1 amide bonds. The standard InChI is InChI=1S/C23H18ClF3N4O2S/c1-30(22(32)21-7-6-20(34-21)14-2-5-17(24)19(27)8-14)10-23(33,11-31-13-28-12-29-31)16-4-3-15(25)9-18(16)26/h2-9,12-13,33H,10-11H2,1H3. The van der Waals surface area contributed by atoms with E-state index in [9.17, 15) is 23.1 Å². The molecule has 11 heteroatoms. The van der Waals surface area contributed by atoms with Gasteiger partial charge in [0.25, 0.3) is 5.91 Å². The van der Waals surface area contributed by atoms with E-state index in [0.717, 1.165) is 23.5 Å². The number of amides is 1. The molecule has 1 atom stereocenters. The fourth-order valence-electron chi connectivity index (χ4n) is 3.58. The number of thiophene rings is 1. The summed E-state index contributed by atoms with van der Waals surface area (Å²) in [6.45, 7) is -0.552. The van der Waals surface area contributed by atoms with Crippen molar-refractivity contribution in [2.45, 2.75) is 12.1 Å². The lowest BCUT2D eigenvalue weighted by atomic mass is 9.92. The minimum atomic E-state index is -1.94. The Morgan fingerprint density at radius 3 is 2.62 bits per heavy atom. The van der Waals surface area contributed by atoms with Crippen LogP contribution in [0.15, 0.2) is 61.2 Å². The van der Waals surface area contributed by atoms with Crippen LogP contribution >= 0.6 is 22.9 Å². The number of nitrogens with zero attached hydrogens (tertiary/aromatic N) is 4. The van der Waals surface area contributed by atoms with Crippen molar-refractivity contribution in [1.82, 2.24) is 19.7 Å². The Labute approximate surface area is 201 Å². The van der Waals surface area contributed by atoms with Crippen LogP contribution in [0.1, 0.15) is 15.2 Å². The first-order valence-electron chi connectivity index (χ1n) is 9.97. The van der Waals surface area contributed by atoms with Gasteiger partial charge in [-0.3, -0.25) is 4.79 Å². The Morgan fingerprint density at radius 2 is 1.94 bits per heavy atom. The molecule has 0 radical (unpaired) electrons. The lowest BCUT2D eigenvalue weighted by Crippen LogP contribution is -2.45. The number of rotatable bonds is 7. The second-order valence-electron chi connectivity index (χ2n) is 7.70. The summed E-state index contributed by atoms with van der Waals surface area (Å²) >= 11 is 6.87. The van der Waals surface area contributed by atoms with Gasteiger partial charge in [-0.05, 0) is 35.9 Å². The normalized spacial score (nSPS) is 13.0. The van der Waals surface area contributed by atoms with Crippen molar-refractivity contribution in [2.24, 2.45) is 0 Å². The van der Waals surface area contributed by atoms with E-state index in [4.69, 9.17) is 11.6 Å². The number of aromatic nitrogens is 3. The molecule has 34 heavy (non-hydrogen) atoms. The maximum atomic E-state index is 14.6. The molecule has 2 aromatic carbocycles. The molecule has 0 spiro atoms. The van der Waals surface area contributed by atoms with Crippen LogP contribution in [0.25, 0.3) is 10.4 Å². The molecule has 4 aromatic rings. The Balaban J connectivity index is 1.60. The van der Waals surface area contributed by atoms with E-state index in [1.54, 1.807) is 18.2 Å². The summed E-state index contributed by atoms with van der Waals surface area (Å²) < 4.78 is 43.2. The molecule has 0 aliphatic heterocycles. The van der Waals surface area contributed by atoms with Gasteiger partial charge < -0.3 is 10.0 Å². The van der Waals surface area contributed by atoms with Crippen molar-refractivity contribution in [3.63, 3.8) is 0 Å². The molecule has 0 aliphatic carbocycles. The molecule has 0 aliphatic rings. The fourth-order valence-corrected chi connectivity index (χ4v) is 4.69. The minimum Gasteiger partial charge on any atom is -0.381 e. The molecule has 1 unspecified atom stereocenters. The smallest absolute Gasteiger partial charge is 0.263 e. The molecule has 4 rings (SSSR count). The number of carbonyl (C=O) groups excluding carboxylic acids is 1. The summed E-state index contributed by atoms with van der Waals surface area (Å²) in [6.07, 6.45) is 2.59. The van der Waals surface area contributed by atoms with Gasteiger partial charge in [0.1, 0.15) is 35.7 Å². The van der Waals surface area contributed by atoms with Gasteiger partial charge in [-0.2, -0.15) is 5.10 Å². The fraction of sp³-hybridized carbons (Fsp3) is 0.174. The predicted molar refractivity (Wildman–Crippen MR) is 122 cm³/mol. The Hall–Kier alpha value is -3.21. The van der Waals surface area contributed by atoms with Crippen molar-refractivity contribution in [3.8, 4) is 10.4 Å². The zero-order valence-electron chi connectivity index (χ0n) is 17.8. The molecule has 176 valence electrons. The first-order valence-corrected chi connectivity index (χ1v) is 11.2. The molecule has 2 heterocycles. The Morgan fingerprint density at radius 1 is 1.15 bits per heavy atom. The van der Waals surface area contributed by atoms with E-state index in [2.05, 4.69) is 10.1 Å². The van der Waals surface area contributed by atoms with Crippen LogP contribution in [-0.4, -0.2) is 44.3 Å². The first kappa shape index (κ1) is 23.9. The van der Waals surface area contributed by atoms with Gasteiger partial charge in [-0.1, -0.05) is 23.7 Å². The third-order valence-electron chi connectivity index (χ3n) is 5.19. The van der Waals surface area contributed by atoms with E-state index in [1.165, 1.54) is 41.4 Å². The molecular formula is C23H18ClF3N4O2S. The van der Waals surface area contributed by atoms with Crippen LogP contribution in [0.5, 0.6) is 0 Å². The van der Waals surface area contributed by atoms with E-state index in [-0.39, 0.29) is 23.7 Å². The van der Waals surface area contributed by atoms with Crippen LogP contribution in [0.4, 0.5) is 13.2 Å². The molecule has 0 saturated carbocycles. The zero-order valence-corrected chi connectivity index (χ0v) is 19.3. The number of halogens is 4. The topological polar surface area (TPSA) is 71.2 Å². The van der Waals surface area contributed by atoms with Gasteiger partial charge in [0.05, 0.1) is 23.0 Å². The molecule has 0 bridgehead atoms. The van der Waals surface area contributed by atoms with Gasteiger partial charge in [0.2, 0.25) is 0 Å². The average Bonchev–Trinajstić information content (AvgIpc) is 3.47. The number of benzene rings is 2. The summed E-state index contributed by atoms with van der Waals surface area (Å²) in [5, 5.41) is 15.4. The maximum Gasteiger partial charge on any atom is 0.263 e. The zero-order chi connectivity index (χ0) is 24.5. The maximum absolute atomic E-state index is 14.6. The third kappa shape index (κ3) is 4.98. The minimum absolute atomic E-state index is 0.00367. The number of hydrogen-bond acceptors (Lipinski definition) is 5. The molecule has 0 fully saturated rings. The monoisotopic (exact) mass is 506 g/mol. The average molecular weight is 507 g/mol. The van der Waals surface area contributed by atoms with Crippen LogP contribution in [0, 0.1) is 17.5 Å². The Kier molecular flexibility index (Phi) is 6.74. The SMILES string of the molecule is CN(CC(O)(Cn1cncn1)c1ccc(F)cc1F)C(=O)c1ccc(-c2ccc(Cl)c(F)c2)s1. The molecular weight excluding hydrogens is 489 g/mol. The number of carbonyl (C=O) groups is 1. The molecule has 1 N–H and O–H groups in total. The van der Waals surface area contributed by atoms with Crippen LogP contribution < -0.4 is 0 Å². The van der Waals surface area contributed by atoms with Crippen molar-refractivity contribution in [2.75, 3.05) is 13.6 Å². The summed E-state index contributed by atoms with van der Waals surface area (Å²) in [5.41, 5.74) is -1.56. The van der Waals surface area contributed by atoms with Crippen LogP contribution in [0.3, 0.4) is 0 Å². The summed E-state index contributed by atoms with van der Waals surface area (Å²) in [7, 11) is 1.46. The van der Waals surface area contributed by atoms with Crippen molar-refractivity contribution < 1.29 is 23.1 Å². The van der Waals surface area contributed by atoms with Crippen molar-refractivity contribution in [1.29, 1.82) is 0 Å².